The molecule has 0 aliphatic carbocycles. The first-order valence-corrected chi connectivity index (χ1v) is 5.27. The zero-order valence-corrected chi connectivity index (χ0v) is 9.28. The maximum atomic E-state index is 11.3. The van der Waals surface area contributed by atoms with Crippen LogP contribution in [-0.4, -0.2) is 13.7 Å². The molecule has 1 aromatic carbocycles. The van der Waals surface area contributed by atoms with E-state index in [-0.39, 0.29) is 0 Å². The minimum absolute atomic E-state index is 0.346. The lowest BCUT2D eigenvalue weighted by Gasteiger charge is -2.11. The van der Waals surface area contributed by atoms with Crippen molar-refractivity contribution in [1.82, 2.24) is 0 Å². The summed E-state index contributed by atoms with van der Waals surface area (Å²) in [5.74, 6) is 1.03. The van der Waals surface area contributed by atoms with Crippen LogP contribution in [0.1, 0.15) is 5.56 Å². The third-order valence-electron chi connectivity index (χ3n) is 2.94. The highest BCUT2D eigenvalue weighted by Gasteiger charge is 2.25. The van der Waals surface area contributed by atoms with E-state index in [0.717, 1.165) is 12.0 Å². The average molecular weight is 233 g/mol. The molecule has 0 bridgehead atoms. The van der Waals surface area contributed by atoms with Crippen molar-refractivity contribution in [2.45, 2.75) is 6.42 Å². The number of anilines is 1. The van der Waals surface area contributed by atoms with Crippen molar-refractivity contribution in [1.29, 1.82) is 0 Å². The molecule has 1 aliphatic rings. The summed E-state index contributed by atoms with van der Waals surface area (Å²) in [7, 11) is 1.51. The lowest BCUT2D eigenvalue weighted by molar-refractivity contribution is 0.324. The predicted octanol–water partition coefficient (Wildman–Crippen LogP) is 1.32. The number of hydrogen-bond donors (Lipinski definition) is 1. The van der Waals surface area contributed by atoms with Gasteiger partial charge in [-0.15, -0.1) is 0 Å². The van der Waals surface area contributed by atoms with Crippen LogP contribution in [0.4, 0.5) is 5.69 Å². The summed E-state index contributed by atoms with van der Waals surface area (Å²) in [6, 6.07) is 3.00. The Morgan fingerprint density at radius 3 is 3.00 bits per heavy atom. The Kier molecular flexibility index (Phi) is 2.01. The molecule has 2 aromatic rings. The van der Waals surface area contributed by atoms with Gasteiger partial charge in [-0.3, -0.25) is 0 Å². The Morgan fingerprint density at radius 1 is 1.41 bits per heavy atom. The Balaban J connectivity index is 2.51. The van der Waals surface area contributed by atoms with Crippen molar-refractivity contribution in [2.24, 2.45) is 0 Å². The molecule has 88 valence electrons. The van der Waals surface area contributed by atoms with E-state index < -0.39 is 5.63 Å². The molecule has 1 aliphatic heterocycles. The predicted molar refractivity (Wildman–Crippen MR) is 62.6 cm³/mol. The smallest absolute Gasteiger partial charge is 0.336 e. The van der Waals surface area contributed by atoms with Crippen LogP contribution in [0.25, 0.3) is 11.0 Å². The van der Waals surface area contributed by atoms with E-state index in [1.165, 1.54) is 13.2 Å². The number of ether oxygens (including phenoxy) is 2. The fourth-order valence-corrected chi connectivity index (χ4v) is 2.16. The first kappa shape index (κ1) is 10.0. The largest absolute Gasteiger partial charge is 0.490 e. The van der Waals surface area contributed by atoms with Gasteiger partial charge in [0, 0.05) is 29.1 Å². The van der Waals surface area contributed by atoms with Gasteiger partial charge in [0.25, 0.3) is 0 Å². The van der Waals surface area contributed by atoms with Crippen LogP contribution in [0.3, 0.4) is 0 Å². The van der Waals surface area contributed by atoms with E-state index in [1.54, 1.807) is 6.07 Å². The van der Waals surface area contributed by atoms with Gasteiger partial charge < -0.3 is 19.6 Å². The molecule has 0 atom stereocenters. The molecule has 0 unspecified atom stereocenters. The molecule has 0 spiro atoms. The van der Waals surface area contributed by atoms with Crippen LogP contribution in [0.2, 0.25) is 0 Å². The molecule has 0 radical (unpaired) electrons. The Bertz CT molecular complexity index is 660. The molecule has 0 amide bonds. The fourth-order valence-electron chi connectivity index (χ4n) is 2.16. The molecule has 0 fully saturated rings. The van der Waals surface area contributed by atoms with Crippen LogP contribution >= 0.6 is 0 Å². The van der Waals surface area contributed by atoms with Gasteiger partial charge >= 0.3 is 5.63 Å². The average Bonchev–Trinajstić information content (AvgIpc) is 2.79. The van der Waals surface area contributed by atoms with Crippen LogP contribution in [0.5, 0.6) is 11.5 Å². The van der Waals surface area contributed by atoms with Gasteiger partial charge in [-0.2, -0.15) is 0 Å². The molecule has 2 N–H and O–H groups in total. The topological polar surface area (TPSA) is 74.7 Å². The quantitative estimate of drug-likeness (QED) is 0.594. The Morgan fingerprint density at radius 2 is 2.24 bits per heavy atom. The van der Waals surface area contributed by atoms with Crippen molar-refractivity contribution < 1.29 is 13.9 Å². The summed E-state index contributed by atoms with van der Waals surface area (Å²) < 4.78 is 15.9. The fraction of sp³-hybridized carbons (Fsp3) is 0.250. The monoisotopic (exact) mass is 233 g/mol. The van der Waals surface area contributed by atoms with E-state index >= 15 is 0 Å². The summed E-state index contributed by atoms with van der Waals surface area (Å²) >= 11 is 0. The van der Waals surface area contributed by atoms with E-state index in [1.807, 2.05) is 0 Å². The molecule has 0 saturated heterocycles. The minimum Gasteiger partial charge on any atom is -0.490 e. The Labute approximate surface area is 96.7 Å². The number of rotatable bonds is 1. The molecule has 2 heterocycles. The maximum Gasteiger partial charge on any atom is 0.336 e. The summed E-state index contributed by atoms with van der Waals surface area (Å²) in [6.45, 7) is 0.566. The first-order chi connectivity index (χ1) is 8.22. The molecule has 5 nitrogen and oxygen atoms in total. The second-order valence-electron chi connectivity index (χ2n) is 3.85. The maximum absolute atomic E-state index is 11.3. The molecular weight excluding hydrogens is 222 g/mol. The van der Waals surface area contributed by atoms with E-state index in [4.69, 9.17) is 19.6 Å². The summed E-state index contributed by atoms with van der Waals surface area (Å²) in [6.07, 6.45) is 0.743. The van der Waals surface area contributed by atoms with Gasteiger partial charge in [0.1, 0.15) is 0 Å². The first-order valence-electron chi connectivity index (χ1n) is 5.27. The van der Waals surface area contributed by atoms with Gasteiger partial charge in [-0.05, 0) is 6.07 Å². The molecule has 5 heteroatoms. The van der Waals surface area contributed by atoms with Gasteiger partial charge in [-0.1, -0.05) is 0 Å². The minimum atomic E-state index is -0.437. The summed E-state index contributed by atoms with van der Waals surface area (Å²) in [4.78, 5) is 11.3. The number of nitrogens with two attached hydrogens (primary N) is 1. The number of hydrogen-bond acceptors (Lipinski definition) is 5. The highest BCUT2D eigenvalue weighted by atomic mass is 16.5. The van der Waals surface area contributed by atoms with Crippen LogP contribution in [0, 0.1) is 0 Å². The van der Waals surface area contributed by atoms with Gasteiger partial charge in [0.05, 0.1) is 13.7 Å². The highest BCUT2D eigenvalue weighted by molar-refractivity contribution is 5.97. The SMILES string of the molecule is COc1c2c(c(N)c3ccc(=O)oc13)CCO2. The number of nitrogen functional groups attached to an aromatic ring is 1. The lowest BCUT2D eigenvalue weighted by atomic mass is 10.1. The van der Waals surface area contributed by atoms with Crippen molar-refractivity contribution >= 4 is 16.7 Å². The highest BCUT2D eigenvalue weighted by Crippen LogP contribution is 2.45. The number of methoxy groups -OCH3 is 1. The third-order valence-corrected chi connectivity index (χ3v) is 2.94. The van der Waals surface area contributed by atoms with E-state index in [9.17, 15) is 4.79 Å². The number of fused-ring (bicyclic) bond motifs is 2. The van der Waals surface area contributed by atoms with E-state index in [0.29, 0.717) is 34.8 Å². The van der Waals surface area contributed by atoms with Crippen molar-refractivity contribution in [3.05, 3.63) is 28.1 Å². The van der Waals surface area contributed by atoms with Gasteiger partial charge in [-0.25, -0.2) is 4.79 Å². The van der Waals surface area contributed by atoms with Crippen LogP contribution in [-0.2, 0) is 6.42 Å². The van der Waals surface area contributed by atoms with Crippen molar-refractivity contribution in [3.8, 4) is 11.5 Å². The van der Waals surface area contributed by atoms with E-state index in [2.05, 4.69) is 0 Å². The van der Waals surface area contributed by atoms with Gasteiger partial charge in [0.15, 0.2) is 11.3 Å². The lowest BCUT2D eigenvalue weighted by Crippen LogP contribution is -2.01. The second-order valence-corrected chi connectivity index (χ2v) is 3.85. The molecule has 1 aromatic heterocycles. The second kappa shape index (κ2) is 3.41. The van der Waals surface area contributed by atoms with Gasteiger partial charge in [0.2, 0.25) is 5.75 Å². The Hall–Kier alpha value is -2.17. The summed E-state index contributed by atoms with van der Waals surface area (Å²) in [5.41, 5.74) is 7.47. The van der Waals surface area contributed by atoms with Crippen LogP contribution < -0.4 is 20.8 Å². The van der Waals surface area contributed by atoms with Crippen LogP contribution in [0.15, 0.2) is 21.3 Å². The molecule has 3 rings (SSSR count). The normalized spacial score (nSPS) is 13.5. The molecular formula is C12H11NO4. The summed E-state index contributed by atoms with van der Waals surface area (Å²) in [5, 5.41) is 0.686. The zero-order chi connectivity index (χ0) is 12.0. The third kappa shape index (κ3) is 1.28. The zero-order valence-electron chi connectivity index (χ0n) is 9.28. The van der Waals surface area contributed by atoms with Crippen molar-refractivity contribution in [2.75, 3.05) is 19.5 Å². The molecule has 0 saturated carbocycles. The standard InChI is InChI=1S/C12H11NO4/c1-15-12-10-7(4-5-16-10)9(13)6-2-3-8(14)17-11(6)12/h2-3H,4-5,13H2,1H3. The van der Waals surface area contributed by atoms with Crippen molar-refractivity contribution in [3.63, 3.8) is 0 Å². The number of benzene rings is 1. The molecule has 17 heavy (non-hydrogen) atoms.